The van der Waals surface area contributed by atoms with Crippen LogP contribution in [0, 0.1) is 6.92 Å². The smallest absolute Gasteiger partial charge is 0.134 e. The first-order valence-electron chi connectivity index (χ1n) is 5.69. The number of benzene rings is 1. The Labute approximate surface area is 94.8 Å². The van der Waals surface area contributed by atoms with Gasteiger partial charge < -0.3 is 10.2 Å². The summed E-state index contributed by atoms with van der Waals surface area (Å²) in [6, 6.07) is 8.57. The third-order valence-electron chi connectivity index (χ3n) is 3.27. The Hall–Kier alpha value is -1.32. The molecule has 0 aliphatic carbocycles. The fourth-order valence-corrected chi connectivity index (χ4v) is 2.38. The quantitative estimate of drug-likeness (QED) is 0.833. The molecule has 2 aromatic rings. The van der Waals surface area contributed by atoms with Gasteiger partial charge in [-0.15, -0.1) is 0 Å². The summed E-state index contributed by atoms with van der Waals surface area (Å²) in [6.07, 6.45) is 0. The Kier molecular flexibility index (Phi) is 2.23. The summed E-state index contributed by atoms with van der Waals surface area (Å²) >= 11 is 0. The molecule has 1 aliphatic heterocycles. The van der Waals surface area contributed by atoms with E-state index in [1.807, 2.05) is 19.1 Å². The van der Waals surface area contributed by atoms with Crippen molar-refractivity contribution in [2.75, 3.05) is 13.1 Å². The van der Waals surface area contributed by atoms with E-state index >= 15 is 0 Å². The number of hydrogen-bond donors (Lipinski definition) is 1. The molecule has 1 aromatic carbocycles. The van der Waals surface area contributed by atoms with Gasteiger partial charge in [0.1, 0.15) is 11.3 Å². The lowest BCUT2D eigenvalue weighted by atomic mass is 10.1. The van der Waals surface area contributed by atoms with Crippen LogP contribution in [0.2, 0.25) is 0 Å². The molecular formula is C13H16N2O. The van der Waals surface area contributed by atoms with Crippen LogP contribution < -0.4 is 5.73 Å². The van der Waals surface area contributed by atoms with Crippen molar-refractivity contribution >= 4 is 11.0 Å². The maximum Gasteiger partial charge on any atom is 0.134 e. The van der Waals surface area contributed by atoms with E-state index < -0.39 is 0 Å². The molecule has 0 amide bonds. The summed E-state index contributed by atoms with van der Waals surface area (Å²) in [5.41, 5.74) is 8.08. The summed E-state index contributed by atoms with van der Waals surface area (Å²) < 4.78 is 5.74. The summed E-state index contributed by atoms with van der Waals surface area (Å²) in [7, 11) is 0. The number of fused-ring (bicyclic) bond motifs is 1. The molecule has 1 aromatic heterocycles. The van der Waals surface area contributed by atoms with Gasteiger partial charge >= 0.3 is 0 Å². The second-order valence-corrected chi connectivity index (χ2v) is 4.59. The van der Waals surface area contributed by atoms with Gasteiger partial charge in [-0.25, -0.2) is 0 Å². The van der Waals surface area contributed by atoms with Crippen LogP contribution in [0.15, 0.2) is 28.7 Å². The minimum Gasteiger partial charge on any atom is -0.461 e. The van der Waals surface area contributed by atoms with Crippen molar-refractivity contribution in [2.24, 2.45) is 5.73 Å². The first-order valence-corrected chi connectivity index (χ1v) is 5.69. The minimum atomic E-state index is 0.360. The topological polar surface area (TPSA) is 42.4 Å². The standard InChI is InChI=1S/C13H16N2O/c1-9-12(8-15-6-10(14)7-15)11-4-2-3-5-13(11)16-9/h2-5,10H,6-8,14H2,1H3. The van der Waals surface area contributed by atoms with Gasteiger partial charge in [0.25, 0.3) is 0 Å². The van der Waals surface area contributed by atoms with E-state index in [1.54, 1.807) is 0 Å². The molecule has 0 spiro atoms. The van der Waals surface area contributed by atoms with Gasteiger partial charge in [-0.05, 0) is 13.0 Å². The monoisotopic (exact) mass is 216 g/mol. The number of nitrogens with two attached hydrogens (primary N) is 1. The molecule has 0 bridgehead atoms. The van der Waals surface area contributed by atoms with Crippen LogP contribution in [0.4, 0.5) is 0 Å². The molecule has 0 unspecified atom stereocenters. The van der Waals surface area contributed by atoms with Gasteiger partial charge in [0.2, 0.25) is 0 Å². The first-order chi connectivity index (χ1) is 7.74. The number of rotatable bonds is 2. The van der Waals surface area contributed by atoms with Crippen LogP contribution in [-0.2, 0) is 6.54 Å². The molecule has 1 saturated heterocycles. The average molecular weight is 216 g/mol. The Morgan fingerprint density at radius 2 is 2.12 bits per heavy atom. The lowest BCUT2D eigenvalue weighted by Gasteiger charge is -2.36. The van der Waals surface area contributed by atoms with E-state index in [0.717, 1.165) is 31.0 Å². The largest absolute Gasteiger partial charge is 0.461 e. The molecule has 2 N–H and O–H groups in total. The fraction of sp³-hybridized carbons (Fsp3) is 0.385. The molecule has 3 heteroatoms. The summed E-state index contributed by atoms with van der Waals surface area (Å²) in [6.45, 7) is 4.99. The Morgan fingerprint density at radius 1 is 1.38 bits per heavy atom. The Balaban J connectivity index is 1.93. The highest BCUT2D eigenvalue weighted by molar-refractivity contribution is 5.82. The maximum atomic E-state index is 5.78. The van der Waals surface area contributed by atoms with E-state index in [4.69, 9.17) is 10.2 Å². The minimum absolute atomic E-state index is 0.360. The highest BCUT2D eigenvalue weighted by Crippen LogP contribution is 2.27. The van der Waals surface area contributed by atoms with Crippen molar-refractivity contribution < 1.29 is 4.42 Å². The average Bonchev–Trinajstić information content (AvgIpc) is 2.53. The van der Waals surface area contributed by atoms with Crippen molar-refractivity contribution in [3.63, 3.8) is 0 Å². The van der Waals surface area contributed by atoms with Gasteiger partial charge in [0, 0.05) is 36.6 Å². The van der Waals surface area contributed by atoms with Gasteiger partial charge in [0.05, 0.1) is 0 Å². The van der Waals surface area contributed by atoms with Crippen molar-refractivity contribution in [1.29, 1.82) is 0 Å². The molecule has 84 valence electrons. The maximum absolute atomic E-state index is 5.78. The van der Waals surface area contributed by atoms with Gasteiger partial charge in [-0.1, -0.05) is 18.2 Å². The number of nitrogens with zero attached hydrogens (tertiary/aromatic N) is 1. The lowest BCUT2D eigenvalue weighted by Crippen LogP contribution is -2.54. The van der Waals surface area contributed by atoms with E-state index in [-0.39, 0.29) is 0 Å². The zero-order valence-electron chi connectivity index (χ0n) is 9.44. The van der Waals surface area contributed by atoms with E-state index in [2.05, 4.69) is 17.0 Å². The third-order valence-corrected chi connectivity index (χ3v) is 3.27. The van der Waals surface area contributed by atoms with Crippen LogP contribution in [0.3, 0.4) is 0 Å². The molecule has 16 heavy (non-hydrogen) atoms. The number of aryl methyl sites for hydroxylation is 1. The van der Waals surface area contributed by atoms with Crippen molar-refractivity contribution in [2.45, 2.75) is 19.5 Å². The number of furan rings is 1. The van der Waals surface area contributed by atoms with Crippen LogP contribution in [0.25, 0.3) is 11.0 Å². The summed E-state index contributed by atoms with van der Waals surface area (Å²) in [5, 5.41) is 1.24. The zero-order chi connectivity index (χ0) is 11.1. The van der Waals surface area contributed by atoms with Gasteiger partial charge in [-0.3, -0.25) is 4.90 Å². The molecule has 3 rings (SSSR count). The number of likely N-dealkylation sites (tertiary alicyclic amines) is 1. The van der Waals surface area contributed by atoms with Crippen LogP contribution in [0.1, 0.15) is 11.3 Å². The molecule has 1 fully saturated rings. The second-order valence-electron chi connectivity index (χ2n) is 4.59. The van der Waals surface area contributed by atoms with Crippen molar-refractivity contribution in [3.8, 4) is 0 Å². The molecule has 2 heterocycles. The Morgan fingerprint density at radius 3 is 2.88 bits per heavy atom. The highest BCUT2D eigenvalue weighted by atomic mass is 16.3. The van der Waals surface area contributed by atoms with E-state index in [9.17, 15) is 0 Å². The molecule has 3 nitrogen and oxygen atoms in total. The van der Waals surface area contributed by atoms with Crippen molar-refractivity contribution in [1.82, 2.24) is 4.90 Å². The molecule has 0 saturated carbocycles. The van der Waals surface area contributed by atoms with Crippen molar-refractivity contribution in [3.05, 3.63) is 35.6 Å². The van der Waals surface area contributed by atoms with Gasteiger partial charge in [-0.2, -0.15) is 0 Å². The SMILES string of the molecule is Cc1oc2ccccc2c1CN1CC(N)C1. The van der Waals surface area contributed by atoms with E-state index in [1.165, 1.54) is 10.9 Å². The van der Waals surface area contributed by atoms with Gasteiger partial charge in [0.15, 0.2) is 0 Å². The van der Waals surface area contributed by atoms with Crippen LogP contribution in [-0.4, -0.2) is 24.0 Å². The normalized spacial score (nSPS) is 17.9. The molecule has 0 atom stereocenters. The summed E-state index contributed by atoms with van der Waals surface area (Å²) in [4.78, 5) is 2.36. The molecule has 1 aliphatic rings. The number of para-hydroxylation sites is 1. The highest BCUT2D eigenvalue weighted by Gasteiger charge is 2.24. The predicted molar refractivity (Wildman–Crippen MR) is 64.2 cm³/mol. The van der Waals surface area contributed by atoms with E-state index in [0.29, 0.717) is 6.04 Å². The zero-order valence-corrected chi connectivity index (χ0v) is 9.44. The molecule has 0 radical (unpaired) electrons. The predicted octanol–water partition coefficient (Wildman–Crippen LogP) is 1.88. The Bertz CT molecular complexity index is 512. The first kappa shape index (κ1) is 9.87. The number of hydrogen-bond acceptors (Lipinski definition) is 3. The second kappa shape index (κ2) is 3.61. The third kappa shape index (κ3) is 1.52. The van der Waals surface area contributed by atoms with Crippen LogP contribution >= 0.6 is 0 Å². The molecular weight excluding hydrogens is 200 g/mol. The van der Waals surface area contributed by atoms with Crippen LogP contribution in [0.5, 0.6) is 0 Å². The fourth-order valence-electron chi connectivity index (χ4n) is 2.38. The lowest BCUT2D eigenvalue weighted by molar-refractivity contribution is 0.142. The summed E-state index contributed by atoms with van der Waals surface area (Å²) in [5.74, 6) is 1.03.